The highest BCUT2D eigenvalue weighted by atomic mass is 32.1. The number of benzene rings is 2. The number of amides is 5. The molecule has 3 N–H and O–H groups in total. The summed E-state index contributed by atoms with van der Waals surface area (Å²) in [6.45, 7) is 0.141. The van der Waals surface area contributed by atoms with E-state index >= 15 is 8.78 Å². The Morgan fingerprint density at radius 3 is 2.23 bits per heavy atom. The Hall–Kier alpha value is -6.38. The molecule has 1 saturated heterocycles. The molecule has 0 spiro atoms. The first-order valence-corrected chi connectivity index (χ1v) is 19.8. The molecule has 0 aliphatic carbocycles. The van der Waals surface area contributed by atoms with Gasteiger partial charge in [-0.25, -0.2) is 8.78 Å². The van der Waals surface area contributed by atoms with Crippen LogP contribution in [0.2, 0.25) is 0 Å². The van der Waals surface area contributed by atoms with Gasteiger partial charge in [-0.05, 0) is 24.6 Å². The Bertz CT molecular complexity index is 2270. The van der Waals surface area contributed by atoms with Crippen LogP contribution in [-0.4, -0.2) is 115 Å². The lowest BCUT2D eigenvalue weighted by molar-refractivity contribution is -0.148. The number of nitrogens with one attached hydrogen (secondary N) is 2. The second-order valence-corrected chi connectivity index (χ2v) is 14.9. The smallest absolute Gasteiger partial charge is 0.306 e. The molecular formula is C40H44F2N4O14S. The summed E-state index contributed by atoms with van der Waals surface area (Å²) in [5.74, 6) is -7.36. The average molecular weight is 877 g/mol. The number of likely N-dealkylation sites (tertiary alicyclic amines) is 1. The zero-order valence-corrected chi connectivity index (χ0v) is 34.2. The summed E-state index contributed by atoms with van der Waals surface area (Å²) < 4.78 is 66.6. The molecule has 61 heavy (non-hydrogen) atoms. The fourth-order valence-corrected chi connectivity index (χ4v) is 7.33. The number of hydrogen-bond acceptors (Lipinski definition) is 14. The Kier molecular flexibility index (Phi) is 15.0. The molecule has 5 rings (SSSR count). The topological polar surface area (TPSA) is 233 Å². The molecule has 2 aliphatic heterocycles. The van der Waals surface area contributed by atoms with E-state index in [4.69, 9.17) is 30.2 Å². The number of rotatable bonds is 22. The van der Waals surface area contributed by atoms with Crippen LogP contribution in [0.15, 0.2) is 18.2 Å². The van der Waals surface area contributed by atoms with E-state index in [9.17, 15) is 38.4 Å². The monoisotopic (exact) mass is 876 g/mol. The van der Waals surface area contributed by atoms with Gasteiger partial charge in [0.05, 0.1) is 58.2 Å². The molecule has 3 aromatic rings. The summed E-state index contributed by atoms with van der Waals surface area (Å²) in [7, 11) is 2.65. The maximum Gasteiger partial charge on any atom is 0.306 e. The van der Waals surface area contributed by atoms with Gasteiger partial charge in [-0.1, -0.05) is 0 Å². The van der Waals surface area contributed by atoms with Crippen molar-refractivity contribution in [3.05, 3.63) is 45.8 Å². The summed E-state index contributed by atoms with van der Waals surface area (Å²) in [6.07, 6.45) is -3.36. The van der Waals surface area contributed by atoms with Crippen LogP contribution in [0.5, 0.6) is 23.0 Å². The number of fused-ring (bicyclic) bond motifs is 2. The molecule has 2 atom stereocenters. The minimum Gasteiger partial charge on any atom is -0.493 e. The Morgan fingerprint density at radius 2 is 1.57 bits per heavy atom. The first-order chi connectivity index (χ1) is 29.5. The van der Waals surface area contributed by atoms with Crippen LogP contribution in [0, 0.1) is 11.6 Å². The number of carbonyl (C=O) groups is 8. The predicted molar refractivity (Wildman–Crippen MR) is 209 cm³/mol. The molecule has 328 valence electrons. The Labute approximate surface area is 352 Å². The van der Waals surface area contributed by atoms with E-state index in [0.717, 1.165) is 11.3 Å². The van der Waals surface area contributed by atoms with Crippen LogP contribution in [0.3, 0.4) is 0 Å². The Balaban J connectivity index is 1.06. The number of carboxylic acid groups (broad SMARTS) is 1. The number of nitrogens with zero attached hydrogens (tertiary/aromatic N) is 2. The van der Waals surface area contributed by atoms with E-state index in [0.29, 0.717) is 15.2 Å². The SMILES string of the molecule is [3H]C1CC(=O)N(CC(=O)NCC(=O)NC[C@H](C)OC(=O)CCC(=O)c2cc3c(F)c(OCCCOc4c(OC)cc5c(c4F)CN(C(=O)CCC(=O)O)C5)c(OC)cc3s2)C1=O. The van der Waals surface area contributed by atoms with E-state index < -0.39 is 84.5 Å². The number of imide groups is 1. The Morgan fingerprint density at radius 1 is 0.885 bits per heavy atom. The number of hydrogen-bond donors (Lipinski definition) is 3. The van der Waals surface area contributed by atoms with Gasteiger partial charge in [-0.3, -0.25) is 43.3 Å². The molecule has 0 radical (unpaired) electrons. The van der Waals surface area contributed by atoms with Crippen LogP contribution in [0.1, 0.15) is 74.0 Å². The van der Waals surface area contributed by atoms with Crippen molar-refractivity contribution in [2.45, 2.75) is 71.0 Å². The molecule has 0 bridgehead atoms. The molecule has 0 saturated carbocycles. The minimum absolute atomic E-state index is 0.0515. The van der Waals surface area contributed by atoms with E-state index in [-0.39, 0.29) is 110 Å². The first-order valence-electron chi connectivity index (χ1n) is 19.5. The van der Waals surface area contributed by atoms with E-state index in [2.05, 4.69) is 10.6 Å². The molecule has 5 amide bonds. The van der Waals surface area contributed by atoms with Gasteiger partial charge in [-0.15, -0.1) is 11.3 Å². The number of carbonyl (C=O) groups excluding carboxylic acids is 7. The van der Waals surface area contributed by atoms with Gasteiger partial charge in [0.15, 0.2) is 40.4 Å². The van der Waals surface area contributed by atoms with Gasteiger partial charge < -0.3 is 44.3 Å². The molecule has 1 unspecified atom stereocenters. The largest absolute Gasteiger partial charge is 0.493 e. The van der Waals surface area contributed by atoms with Crippen LogP contribution < -0.4 is 29.6 Å². The van der Waals surface area contributed by atoms with Gasteiger partial charge >= 0.3 is 11.9 Å². The van der Waals surface area contributed by atoms with Gasteiger partial charge in [0.1, 0.15) is 12.6 Å². The minimum atomic E-state index is -1.25. The van der Waals surface area contributed by atoms with Crippen molar-refractivity contribution < 1.29 is 77.3 Å². The molecule has 1 aromatic heterocycles. The maximum atomic E-state index is 15.8. The third-order valence-electron chi connectivity index (χ3n) is 9.42. The van der Waals surface area contributed by atoms with E-state index in [1.54, 1.807) is 6.07 Å². The lowest BCUT2D eigenvalue weighted by Crippen LogP contribution is -2.44. The molecular weight excluding hydrogens is 831 g/mol. The average Bonchev–Trinajstić information content (AvgIpc) is 3.94. The zero-order chi connectivity index (χ0) is 45.2. The number of aliphatic carboxylic acids is 1. The summed E-state index contributed by atoms with van der Waals surface area (Å²) in [5, 5.41) is 13.7. The van der Waals surface area contributed by atoms with Crippen LogP contribution >= 0.6 is 11.3 Å². The molecule has 1 fully saturated rings. The van der Waals surface area contributed by atoms with Crippen molar-refractivity contribution in [1.29, 1.82) is 0 Å². The van der Waals surface area contributed by atoms with Gasteiger partial charge in [0.2, 0.25) is 29.5 Å². The fourth-order valence-electron chi connectivity index (χ4n) is 6.27. The molecule has 2 aliphatic rings. The predicted octanol–water partition coefficient (Wildman–Crippen LogP) is 3.03. The first kappa shape index (κ1) is 44.2. The third-order valence-corrected chi connectivity index (χ3v) is 10.5. The van der Waals surface area contributed by atoms with Crippen molar-refractivity contribution in [3.63, 3.8) is 0 Å². The highest BCUT2D eigenvalue weighted by Crippen LogP contribution is 2.41. The normalized spacial score (nSPS) is 15.2. The van der Waals surface area contributed by atoms with E-state index in [1.807, 2.05) is 0 Å². The second kappa shape index (κ2) is 20.7. The summed E-state index contributed by atoms with van der Waals surface area (Å²) in [5.41, 5.74) is 0.735. The number of methoxy groups -OCH3 is 2. The van der Waals surface area contributed by atoms with Crippen molar-refractivity contribution in [2.75, 3.05) is 47.1 Å². The fraction of sp³-hybridized carbons (Fsp3) is 0.450. The number of esters is 1. The number of halogens is 2. The molecule has 21 heteroatoms. The van der Waals surface area contributed by atoms with Crippen LogP contribution in [0.4, 0.5) is 8.78 Å². The maximum absolute atomic E-state index is 15.8. The quantitative estimate of drug-likeness (QED) is 0.0570. The summed E-state index contributed by atoms with van der Waals surface area (Å²) in [4.78, 5) is 98.7. The van der Waals surface area contributed by atoms with Crippen LogP contribution in [-0.2, 0) is 51.4 Å². The van der Waals surface area contributed by atoms with Gasteiger partial charge in [-0.2, -0.15) is 0 Å². The summed E-state index contributed by atoms with van der Waals surface area (Å²) >= 11 is 0.987. The number of ether oxygens (including phenoxy) is 5. The standard InChI is InChI=1S/C40H44F2N4O14S/c1-21(16-43-30(48)17-44-31(49)20-46-33(51)6-7-34(46)52)60-36(55)10-5-25(47)29-14-23-28(61-29)15-27(57-3)40(37(23)41)59-12-4-11-58-39-26(56-2)13-22-18-45(19-24(22)38(39)42)32(50)8-9-35(53)54/h13-15,21H,4-12,16-20H2,1-3H3,(H,43,48)(H,44,49)(H,53,54)/t21-/m0/s1/i6T/t6?,21-. The molecule has 18 nitrogen and oxygen atoms in total. The highest BCUT2D eigenvalue weighted by Gasteiger charge is 2.32. The highest BCUT2D eigenvalue weighted by molar-refractivity contribution is 7.20. The second-order valence-electron chi connectivity index (χ2n) is 13.8. The summed E-state index contributed by atoms with van der Waals surface area (Å²) in [6, 6.07) is 4.40. The number of carboxylic acids is 1. The van der Waals surface area contributed by atoms with Gasteiger partial charge in [0, 0.05) is 68.3 Å². The van der Waals surface area contributed by atoms with Gasteiger partial charge in [0.25, 0.3) is 0 Å². The molecule has 2 aromatic carbocycles. The number of Topliss-reactive ketones (excluding diaryl/α,β-unsaturated/α-hetero) is 1. The van der Waals surface area contributed by atoms with Crippen molar-refractivity contribution in [2.24, 2.45) is 0 Å². The lowest BCUT2D eigenvalue weighted by atomic mass is 10.1. The van der Waals surface area contributed by atoms with E-state index in [1.165, 1.54) is 38.2 Å². The van der Waals surface area contributed by atoms with Crippen molar-refractivity contribution >= 4 is 68.7 Å². The zero-order valence-electron chi connectivity index (χ0n) is 34.4. The third kappa shape index (κ3) is 11.7. The van der Waals surface area contributed by atoms with Crippen molar-refractivity contribution in [1.82, 2.24) is 20.4 Å². The lowest BCUT2D eigenvalue weighted by Gasteiger charge is -2.15. The number of ketones is 1. The molecule has 3 heterocycles. The van der Waals surface area contributed by atoms with Crippen molar-refractivity contribution in [3.8, 4) is 23.0 Å². The number of thiophene rings is 1. The van der Waals surface area contributed by atoms with Crippen LogP contribution in [0.25, 0.3) is 10.1 Å².